The molecule has 0 atom stereocenters. The Morgan fingerprint density at radius 1 is 0.422 bits per heavy atom. The zero-order chi connectivity index (χ0) is 28.8. The van der Waals surface area contributed by atoms with Crippen molar-refractivity contribution >= 4 is 60.4 Å². The zero-order valence-electron chi connectivity index (χ0n) is 23.7. The molecule has 0 fully saturated rings. The summed E-state index contributed by atoms with van der Waals surface area (Å²) in [5.74, 6) is 3.25. The van der Waals surface area contributed by atoms with Gasteiger partial charge in [0.05, 0.1) is 17.2 Å². The average molecular weight is 758 g/mol. The van der Waals surface area contributed by atoms with Crippen molar-refractivity contribution in [1.29, 1.82) is 0 Å². The second kappa shape index (κ2) is 9.78. The molecule has 5 aromatic carbocycles. The Bertz CT molecular complexity index is 2630. The first-order valence-electron chi connectivity index (χ1n) is 14.6. The smallest absolute Gasteiger partial charge is 0.319 e. The minimum Gasteiger partial charge on any atom is -0.319 e. The van der Waals surface area contributed by atoms with Crippen LogP contribution in [-0.2, 0) is 21.1 Å². The van der Waals surface area contributed by atoms with Crippen molar-refractivity contribution in [3.63, 3.8) is 0 Å². The van der Waals surface area contributed by atoms with Crippen LogP contribution in [0, 0.1) is 12.1 Å². The molecule has 0 unspecified atom stereocenters. The predicted molar refractivity (Wildman–Crippen MR) is 176 cm³/mol. The van der Waals surface area contributed by atoms with Crippen molar-refractivity contribution in [2.75, 3.05) is 0 Å². The molecule has 6 nitrogen and oxygen atoms in total. The summed E-state index contributed by atoms with van der Waals surface area (Å²) < 4.78 is 8.71. The Kier molecular flexibility index (Phi) is 5.65. The van der Waals surface area contributed by atoms with E-state index < -0.39 is 0 Å². The molecular weight excluding hydrogens is 736 g/mol. The van der Waals surface area contributed by atoms with Crippen molar-refractivity contribution in [2.45, 2.75) is 0 Å². The maximum Gasteiger partial charge on any atom is 2.00 e. The second-order valence-corrected chi connectivity index (χ2v) is 11.0. The third-order valence-corrected chi connectivity index (χ3v) is 8.65. The number of imidazole rings is 2. The molecule has 0 bridgehead atoms. The van der Waals surface area contributed by atoms with Gasteiger partial charge in [-0.15, -0.1) is 10.8 Å². The number of hydrogen-bond acceptors (Lipinski definition) is 2. The molecule has 214 valence electrons. The molecule has 0 saturated heterocycles. The molecule has 45 heavy (non-hydrogen) atoms. The Morgan fingerprint density at radius 2 is 0.933 bits per heavy atom. The van der Waals surface area contributed by atoms with Crippen LogP contribution in [0.4, 0.5) is 0 Å². The number of fused-ring (bicyclic) bond motifs is 9. The van der Waals surface area contributed by atoms with Crippen molar-refractivity contribution in [3.05, 3.63) is 146 Å². The van der Waals surface area contributed by atoms with E-state index in [4.69, 9.17) is 9.97 Å². The van der Waals surface area contributed by atoms with E-state index in [1.54, 1.807) is 0 Å². The second-order valence-electron chi connectivity index (χ2n) is 11.0. The summed E-state index contributed by atoms with van der Waals surface area (Å²) >= 11 is 0. The summed E-state index contributed by atoms with van der Waals surface area (Å²) in [6.45, 7) is 0. The fourth-order valence-corrected chi connectivity index (χ4v) is 6.82. The molecule has 0 aliphatic heterocycles. The van der Waals surface area contributed by atoms with Gasteiger partial charge in [-0.2, -0.15) is 53.5 Å². The van der Waals surface area contributed by atoms with Crippen LogP contribution >= 0.6 is 0 Å². The van der Waals surface area contributed by atoms with E-state index in [9.17, 15) is 0 Å². The maximum atomic E-state index is 5.28. The molecule has 0 aliphatic carbocycles. The van der Waals surface area contributed by atoms with Crippen LogP contribution in [-0.4, -0.2) is 28.1 Å². The molecule has 0 radical (unpaired) electrons. The Morgan fingerprint density at radius 3 is 1.58 bits per heavy atom. The van der Waals surface area contributed by atoms with Crippen molar-refractivity contribution in [1.82, 2.24) is 28.1 Å². The van der Waals surface area contributed by atoms with Gasteiger partial charge in [0, 0.05) is 11.0 Å². The Hall–Kier alpha value is -5.45. The van der Waals surface area contributed by atoms with Gasteiger partial charge in [0.1, 0.15) is 11.6 Å². The Balaban J connectivity index is 0.00000281. The number of pyridine rings is 1. The van der Waals surface area contributed by atoms with Gasteiger partial charge in [-0.1, -0.05) is 65.6 Å². The Labute approximate surface area is 271 Å². The number of benzene rings is 5. The first kappa shape index (κ1) is 26.0. The van der Waals surface area contributed by atoms with E-state index in [2.05, 4.69) is 140 Å². The van der Waals surface area contributed by atoms with Crippen LogP contribution in [0.15, 0.2) is 134 Å². The van der Waals surface area contributed by atoms with Crippen LogP contribution in [0.1, 0.15) is 0 Å². The van der Waals surface area contributed by atoms with Crippen molar-refractivity contribution in [2.24, 2.45) is 0 Å². The number of rotatable bonds is 3. The van der Waals surface area contributed by atoms with Gasteiger partial charge in [0.2, 0.25) is 5.78 Å². The molecule has 7 heteroatoms. The molecule has 0 spiro atoms. The van der Waals surface area contributed by atoms with Crippen molar-refractivity contribution in [3.8, 4) is 17.5 Å². The molecule has 10 aromatic rings. The number of hydrogen-bond donors (Lipinski definition) is 0. The van der Waals surface area contributed by atoms with Gasteiger partial charge >= 0.3 is 21.1 Å². The van der Waals surface area contributed by atoms with Crippen molar-refractivity contribution < 1.29 is 21.1 Å². The largest absolute Gasteiger partial charge is 2.00 e. The van der Waals surface area contributed by atoms with E-state index in [0.29, 0.717) is 0 Å². The number of aromatic nitrogens is 6. The van der Waals surface area contributed by atoms with Gasteiger partial charge < -0.3 is 9.13 Å². The summed E-state index contributed by atoms with van der Waals surface area (Å²) in [5, 5.41) is 4.68. The molecule has 5 aromatic heterocycles. The normalized spacial score (nSPS) is 11.8. The standard InChI is InChI=1S/C38H22N6.Pt/c1-5-16-29-25(12-1)26-13-2-6-17-30(26)42(29)35-22-11-23-36(39-35)44-34-21-10-9-20-33(34)41-24-37(40-38(41)44)43-31-18-7-3-14-27(31)28-15-4-8-19-32(28)43;/h1-16,18,20-24H;/q-2;+2. The molecule has 0 saturated carbocycles. The van der Waals surface area contributed by atoms with E-state index in [1.807, 2.05) is 24.3 Å². The minimum absolute atomic E-state index is 0. The topological polar surface area (TPSA) is 45.0 Å². The summed E-state index contributed by atoms with van der Waals surface area (Å²) in [6.07, 6.45) is 2.12. The minimum atomic E-state index is 0. The first-order chi connectivity index (χ1) is 21.8. The fraction of sp³-hybridized carbons (Fsp3) is 0. The SMILES string of the molecule is [Pt+2].[c-]1cccc2c3ccccc3n(-c3cccc(-n4c5ccccc5n5cc(-n6c7[c-]cccc7c7ccccc76)nc45)n3)c12. The maximum absolute atomic E-state index is 5.28. The zero-order valence-corrected chi connectivity index (χ0v) is 26.0. The van der Waals surface area contributed by atoms with Gasteiger partial charge in [-0.25, -0.2) is 4.98 Å². The quantitative estimate of drug-likeness (QED) is 0.170. The van der Waals surface area contributed by atoms with Gasteiger partial charge in [0.25, 0.3) is 0 Å². The molecule has 5 heterocycles. The fourth-order valence-electron chi connectivity index (χ4n) is 6.82. The van der Waals surface area contributed by atoms with Gasteiger partial charge in [-0.3, -0.25) is 8.97 Å². The summed E-state index contributed by atoms with van der Waals surface area (Å²) in [6, 6.07) is 50.7. The molecule has 0 amide bonds. The van der Waals surface area contributed by atoms with E-state index in [-0.39, 0.29) is 21.1 Å². The van der Waals surface area contributed by atoms with Gasteiger partial charge in [-0.05, 0) is 47.2 Å². The molecule has 0 N–H and O–H groups in total. The van der Waals surface area contributed by atoms with Gasteiger partial charge in [0.15, 0.2) is 5.82 Å². The van der Waals surface area contributed by atoms with E-state index in [0.717, 1.165) is 67.1 Å². The third kappa shape index (κ3) is 3.60. The van der Waals surface area contributed by atoms with Crippen LogP contribution in [0.2, 0.25) is 0 Å². The van der Waals surface area contributed by atoms with Crippen LogP contribution < -0.4 is 0 Å². The summed E-state index contributed by atoms with van der Waals surface area (Å²) in [4.78, 5) is 10.5. The van der Waals surface area contributed by atoms with Crippen LogP contribution in [0.3, 0.4) is 0 Å². The summed E-state index contributed by atoms with van der Waals surface area (Å²) in [7, 11) is 0. The summed E-state index contributed by atoms with van der Waals surface area (Å²) in [5.41, 5.74) is 6.31. The molecule has 10 rings (SSSR count). The molecule has 0 aliphatic rings. The monoisotopic (exact) mass is 757 g/mol. The van der Waals surface area contributed by atoms with E-state index in [1.165, 1.54) is 10.8 Å². The van der Waals surface area contributed by atoms with E-state index >= 15 is 0 Å². The number of nitrogens with zero attached hydrogens (tertiary/aromatic N) is 6. The predicted octanol–water partition coefficient (Wildman–Crippen LogP) is 8.47. The first-order valence-corrected chi connectivity index (χ1v) is 14.6. The number of para-hydroxylation sites is 6. The average Bonchev–Trinajstić information content (AvgIpc) is 3.82. The van der Waals surface area contributed by atoms with Crippen LogP contribution in [0.25, 0.3) is 77.9 Å². The van der Waals surface area contributed by atoms with Crippen LogP contribution in [0.5, 0.6) is 0 Å². The third-order valence-electron chi connectivity index (χ3n) is 8.65. The molecular formula is C38H22N6Pt.